The van der Waals surface area contributed by atoms with Crippen LogP contribution in [0, 0.1) is 0 Å². The number of amides is 2. The van der Waals surface area contributed by atoms with Crippen molar-refractivity contribution in [2.75, 3.05) is 17.3 Å². The fourth-order valence-corrected chi connectivity index (χ4v) is 3.33. The molecule has 1 atom stereocenters. The largest absolute Gasteiger partial charge is 0.494 e. The average molecular weight is 384 g/mol. The van der Waals surface area contributed by atoms with Crippen molar-refractivity contribution >= 4 is 40.1 Å². The van der Waals surface area contributed by atoms with Crippen LogP contribution < -0.4 is 20.8 Å². The van der Waals surface area contributed by atoms with E-state index < -0.39 is 5.25 Å². The van der Waals surface area contributed by atoms with Crippen LogP contribution in [0.5, 0.6) is 5.75 Å². The first kappa shape index (κ1) is 18.8. The number of carbonyl (C=O) groups excluding carboxylic acids is 2. The van der Waals surface area contributed by atoms with E-state index in [9.17, 15) is 9.59 Å². The van der Waals surface area contributed by atoms with Crippen LogP contribution in [-0.4, -0.2) is 28.8 Å². The van der Waals surface area contributed by atoms with Gasteiger partial charge in [0.25, 0.3) is 0 Å². The van der Waals surface area contributed by atoms with Gasteiger partial charge in [-0.15, -0.1) is 5.10 Å². The molecule has 2 aromatic carbocycles. The maximum absolute atomic E-state index is 12.2. The molecule has 7 nitrogen and oxygen atoms in total. The van der Waals surface area contributed by atoms with Crippen LogP contribution in [0.4, 0.5) is 11.4 Å². The fourth-order valence-electron chi connectivity index (χ4n) is 2.40. The van der Waals surface area contributed by atoms with Crippen molar-refractivity contribution in [1.82, 2.24) is 5.32 Å². The minimum Gasteiger partial charge on any atom is -0.494 e. The van der Waals surface area contributed by atoms with Crippen LogP contribution in [0.3, 0.4) is 0 Å². The van der Waals surface area contributed by atoms with Crippen LogP contribution in [-0.2, 0) is 9.59 Å². The standard InChI is InChI=1S/C19H20N4O3S/c1-2-26-15-10-8-13(9-11-15)20-17(24)12-16-18(25)21-19(27-16)23-22-14-6-4-3-5-7-14/h3-11,16,22H,2,12H2,1H3,(H,20,24)(H,21,23,25)/t16-/m0/s1. The summed E-state index contributed by atoms with van der Waals surface area (Å²) in [5.41, 5.74) is 4.35. The lowest BCUT2D eigenvalue weighted by molar-refractivity contribution is -0.122. The summed E-state index contributed by atoms with van der Waals surface area (Å²) in [5, 5.41) is 9.57. The molecule has 1 aliphatic heterocycles. The van der Waals surface area contributed by atoms with Crippen molar-refractivity contribution < 1.29 is 14.3 Å². The van der Waals surface area contributed by atoms with Gasteiger partial charge in [0.15, 0.2) is 5.17 Å². The summed E-state index contributed by atoms with van der Waals surface area (Å²) >= 11 is 1.23. The van der Waals surface area contributed by atoms with Gasteiger partial charge in [-0.05, 0) is 43.3 Å². The van der Waals surface area contributed by atoms with E-state index in [0.717, 1.165) is 11.4 Å². The number of benzene rings is 2. The summed E-state index contributed by atoms with van der Waals surface area (Å²) < 4.78 is 5.37. The number of amidine groups is 1. The predicted octanol–water partition coefficient (Wildman–Crippen LogP) is 3.03. The number of rotatable bonds is 7. The molecule has 1 saturated heterocycles. The molecule has 3 N–H and O–H groups in total. The smallest absolute Gasteiger partial charge is 0.240 e. The topological polar surface area (TPSA) is 91.8 Å². The predicted molar refractivity (Wildman–Crippen MR) is 108 cm³/mol. The molecule has 0 spiro atoms. The molecule has 3 rings (SSSR count). The third-order valence-electron chi connectivity index (χ3n) is 3.66. The van der Waals surface area contributed by atoms with Gasteiger partial charge < -0.3 is 15.4 Å². The molecule has 0 aliphatic carbocycles. The summed E-state index contributed by atoms with van der Waals surface area (Å²) in [4.78, 5) is 24.3. The first-order valence-electron chi connectivity index (χ1n) is 8.53. The Labute approximate surface area is 161 Å². The monoisotopic (exact) mass is 384 g/mol. The molecule has 0 aromatic heterocycles. The van der Waals surface area contributed by atoms with E-state index >= 15 is 0 Å². The SMILES string of the molecule is CCOc1ccc(NC(=O)C[C@@H]2S/C(=N/Nc3ccccc3)NC2=O)cc1. The molecule has 0 bridgehead atoms. The number of hydrogen-bond acceptors (Lipinski definition) is 6. The molecule has 0 radical (unpaired) electrons. The number of carbonyl (C=O) groups is 2. The highest BCUT2D eigenvalue weighted by Crippen LogP contribution is 2.23. The summed E-state index contributed by atoms with van der Waals surface area (Å²) in [5.74, 6) is 0.285. The molecule has 1 heterocycles. The lowest BCUT2D eigenvalue weighted by Gasteiger charge is -2.08. The number of hydrogen-bond donors (Lipinski definition) is 3. The first-order valence-corrected chi connectivity index (χ1v) is 9.41. The van der Waals surface area contributed by atoms with Crippen LogP contribution in [0.25, 0.3) is 0 Å². The van der Waals surface area contributed by atoms with Gasteiger partial charge in [-0.1, -0.05) is 30.0 Å². The Hall–Kier alpha value is -3.00. The Morgan fingerprint density at radius 2 is 1.89 bits per heavy atom. The van der Waals surface area contributed by atoms with E-state index in [-0.39, 0.29) is 18.2 Å². The van der Waals surface area contributed by atoms with Crippen molar-refractivity contribution in [2.24, 2.45) is 5.10 Å². The van der Waals surface area contributed by atoms with Crippen LogP contribution in [0.1, 0.15) is 13.3 Å². The molecule has 27 heavy (non-hydrogen) atoms. The summed E-state index contributed by atoms with van der Waals surface area (Å²) in [6.07, 6.45) is 0.0636. The summed E-state index contributed by atoms with van der Waals surface area (Å²) in [6, 6.07) is 16.5. The highest BCUT2D eigenvalue weighted by atomic mass is 32.2. The Balaban J connectivity index is 1.51. The number of para-hydroxylation sites is 1. The van der Waals surface area contributed by atoms with E-state index in [2.05, 4.69) is 21.2 Å². The first-order chi connectivity index (χ1) is 13.1. The second-order valence-corrected chi connectivity index (χ2v) is 6.89. The molecule has 0 unspecified atom stereocenters. The number of nitrogens with one attached hydrogen (secondary N) is 3. The lowest BCUT2D eigenvalue weighted by atomic mass is 10.2. The summed E-state index contributed by atoms with van der Waals surface area (Å²) in [7, 11) is 0. The van der Waals surface area contributed by atoms with Crippen LogP contribution in [0.2, 0.25) is 0 Å². The molecular weight excluding hydrogens is 364 g/mol. The minimum atomic E-state index is -0.510. The molecule has 0 saturated carbocycles. The van der Waals surface area contributed by atoms with Gasteiger partial charge >= 0.3 is 0 Å². The van der Waals surface area contributed by atoms with Crippen molar-refractivity contribution in [3.8, 4) is 5.75 Å². The number of nitrogens with zero attached hydrogens (tertiary/aromatic N) is 1. The average Bonchev–Trinajstić information content (AvgIpc) is 3.02. The molecular formula is C19H20N4O3S. The van der Waals surface area contributed by atoms with Crippen molar-refractivity contribution in [1.29, 1.82) is 0 Å². The number of thioether (sulfide) groups is 1. The maximum atomic E-state index is 12.2. The highest BCUT2D eigenvalue weighted by molar-refractivity contribution is 8.15. The third kappa shape index (κ3) is 5.49. The fraction of sp³-hybridized carbons (Fsp3) is 0.211. The normalized spacial score (nSPS) is 17.4. The van der Waals surface area contributed by atoms with Crippen molar-refractivity contribution in [3.63, 3.8) is 0 Å². The third-order valence-corrected chi connectivity index (χ3v) is 4.74. The second-order valence-electron chi connectivity index (χ2n) is 5.70. The van der Waals surface area contributed by atoms with Gasteiger partial charge in [0.05, 0.1) is 12.3 Å². The van der Waals surface area contributed by atoms with Crippen molar-refractivity contribution in [2.45, 2.75) is 18.6 Å². The molecule has 1 fully saturated rings. The zero-order valence-corrected chi connectivity index (χ0v) is 15.6. The van der Waals surface area contributed by atoms with Gasteiger partial charge in [0.2, 0.25) is 11.8 Å². The Morgan fingerprint density at radius 1 is 1.15 bits per heavy atom. The van der Waals surface area contributed by atoms with Gasteiger partial charge in [0.1, 0.15) is 11.0 Å². The van der Waals surface area contributed by atoms with Crippen LogP contribution in [0.15, 0.2) is 59.7 Å². The van der Waals surface area contributed by atoms with Crippen LogP contribution >= 0.6 is 11.8 Å². The van der Waals surface area contributed by atoms with E-state index in [1.54, 1.807) is 24.3 Å². The van der Waals surface area contributed by atoms with Gasteiger partial charge in [-0.3, -0.25) is 15.0 Å². The Morgan fingerprint density at radius 3 is 2.59 bits per heavy atom. The quantitative estimate of drug-likeness (QED) is 0.638. The number of anilines is 2. The second kappa shape index (κ2) is 9.09. The Bertz CT molecular complexity index is 825. The maximum Gasteiger partial charge on any atom is 0.240 e. The van der Waals surface area contributed by atoms with Gasteiger partial charge in [-0.2, -0.15) is 0 Å². The zero-order chi connectivity index (χ0) is 19.1. The number of ether oxygens (including phenoxy) is 1. The Kier molecular flexibility index (Phi) is 6.32. The van der Waals surface area contributed by atoms with E-state index in [1.807, 2.05) is 37.3 Å². The molecule has 1 aliphatic rings. The molecule has 2 amide bonds. The molecule has 140 valence electrons. The zero-order valence-electron chi connectivity index (χ0n) is 14.8. The number of hydrazone groups is 1. The minimum absolute atomic E-state index is 0.0636. The van der Waals surface area contributed by atoms with E-state index in [0.29, 0.717) is 17.5 Å². The molecule has 2 aromatic rings. The van der Waals surface area contributed by atoms with Gasteiger partial charge in [-0.25, -0.2) is 0 Å². The van der Waals surface area contributed by atoms with E-state index in [1.165, 1.54) is 11.8 Å². The van der Waals surface area contributed by atoms with Gasteiger partial charge in [0, 0.05) is 12.1 Å². The molecule has 8 heteroatoms. The van der Waals surface area contributed by atoms with E-state index in [4.69, 9.17) is 4.74 Å². The van der Waals surface area contributed by atoms with Crippen molar-refractivity contribution in [3.05, 3.63) is 54.6 Å². The highest BCUT2D eigenvalue weighted by Gasteiger charge is 2.32. The lowest BCUT2D eigenvalue weighted by Crippen LogP contribution is -2.28. The summed E-state index contributed by atoms with van der Waals surface area (Å²) in [6.45, 7) is 2.50.